The maximum absolute atomic E-state index is 4.36. The summed E-state index contributed by atoms with van der Waals surface area (Å²) in [6.45, 7) is 6.73. The zero-order valence-corrected chi connectivity index (χ0v) is 9.15. The Morgan fingerprint density at radius 2 is 2.25 bits per heavy atom. The molecule has 0 aliphatic heterocycles. The van der Waals surface area contributed by atoms with Crippen LogP contribution in [0, 0.1) is 0 Å². The fourth-order valence-corrected chi connectivity index (χ4v) is 1.84. The topological polar surface area (TPSA) is 28.7 Å². The van der Waals surface area contributed by atoms with Gasteiger partial charge in [0.15, 0.2) is 0 Å². The van der Waals surface area contributed by atoms with Crippen LogP contribution in [0.4, 0.5) is 0 Å². The van der Waals surface area contributed by atoms with Crippen molar-refractivity contribution in [3.05, 3.63) is 11.9 Å². The predicted octanol–water partition coefficient (Wildman–Crippen LogP) is 1.71. The summed E-state index contributed by atoms with van der Waals surface area (Å²) in [6.07, 6.45) is 5.66. The first kappa shape index (κ1) is 9.51. The van der Waals surface area contributed by atoms with Gasteiger partial charge in [0.1, 0.15) is 8.80 Å². The van der Waals surface area contributed by atoms with Gasteiger partial charge in [-0.3, -0.25) is 0 Å². The van der Waals surface area contributed by atoms with Gasteiger partial charge in [0.05, 0.1) is 5.45 Å². The summed E-state index contributed by atoms with van der Waals surface area (Å²) in [5.74, 6) is 0. The number of nitrogens with zero attached hydrogens (tertiary/aromatic N) is 1. The number of nitrogens with one attached hydrogen (secondary N) is 1. The minimum absolute atomic E-state index is 0.382. The molecular weight excluding hydrogens is 164 g/mol. The zero-order chi connectivity index (χ0) is 8.97. The first-order valence-electron chi connectivity index (χ1n) is 4.58. The largest absolute Gasteiger partial charge is 0.350 e. The van der Waals surface area contributed by atoms with Crippen LogP contribution in [0.3, 0.4) is 0 Å². The van der Waals surface area contributed by atoms with Crippen molar-refractivity contribution >= 4 is 14.2 Å². The summed E-state index contributed by atoms with van der Waals surface area (Å²) >= 11 is 0. The Morgan fingerprint density at radius 1 is 1.50 bits per heavy atom. The highest BCUT2D eigenvalue weighted by Gasteiger charge is 2.04. The maximum Gasteiger partial charge on any atom is 0.127 e. The Labute approximate surface area is 76.0 Å². The highest BCUT2D eigenvalue weighted by Crippen LogP contribution is 1.98. The number of imidazole rings is 1. The highest BCUT2D eigenvalue weighted by molar-refractivity contribution is 6.69. The van der Waals surface area contributed by atoms with Gasteiger partial charge >= 0.3 is 0 Å². The van der Waals surface area contributed by atoms with Gasteiger partial charge in [0.2, 0.25) is 0 Å². The molecule has 0 fully saturated rings. The maximum atomic E-state index is 4.36. The molecule has 1 aromatic heterocycles. The normalized spacial score (nSPS) is 11.0. The standard InChI is InChI=1S/C9H17N2Si/c1-4-5-6-8-7-10-9(11-8)12(2)3/h7H,4-6H2,1-3H3,(H,10,11). The van der Waals surface area contributed by atoms with Crippen molar-refractivity contribution < 1.29 is 0 Å². The lowest BCUT2D eigenvalue weighted by Crippen LogP contribution is -2.26. The third kappa shape index (κ3) is 2.48. The summed E-state index contributed by atoms with van der Waals surface area (Å²) in [6, 6.07) is 0. The number of aromatic amines is 1. The second-order valence-electron chi connectivity index (χ2n) is 3.36. The Kier molecular flexibility index (Phi) is 3.53. The number of hydrogen-bond donors (Lipinski definition) is 1. The molecule has 0 saturated carbocycles. The van der Waals surface area contributed by atoms with Gasteiger partial charge < -0.3 is 4.98 Å². The monoisotopic (exact) mass is 181 g/mol. The molecule has 0 aliphatic carbocycles. The van der Waals surface area contributed by atoms with Crippen molar-refractivity contribution in [2.45, 2.75) is 39.3 Å². The van der Waals surface area contributed by atoms with Gasteiger partial charge in [0.25, 0.3) is 0 Å². The molecule has 12 heavy (non-hydrogen) atoms. The van der Waals surface area contributed by atoms with Crippen molar-refractivity contribution in [1.29, 1.82) is 0 Å². The Morgan fingerprint density at radius 3 is 2.75 bits per heavy atom. The van der Waals surface area contributed by atoms with Gasteiger partial charge in [-0.25, -0.2) is 4.98 Å². The van der Waals surface area contributed by atoms with E-state index in [4.69, 9.17) is 0 Å². The average molecular weight is 181 g/mol. The molecular formula is C9H17N2Si. The van der Waals surface area contributed by atoms with E-state index in [1.165, 1.54) is 24.0 Å². The van der Waals surface area contributed by atoms with E-state index >= 15 is 0 Å². The van der Waals surface area contributed by atoms with Crippen LogP contribution >= 0.6 is 0 Å². The molecule has 1 N–H and O–H groups in total. The van der Waals surface area contributed by atoms with Gasteiger partial charge in [0, 0.05) is 11.9 Å². The molecule has 0 unspecified atom stereocenters. The lowest BCUT2D eigenvalue weighted by Gasteiger charge is -1.96. The van der Waals surface area contributed by atoms with Crippen LogP contribution in [0.1, 0.15) is 25.5 Å². The molecule has 3 heteroatoms. The molecule has 0 atom stereocenters. The lowest BCUT2D eigenvalue weighted by molar-refractivity contribution is 0.781. The van der Waals surface area contributed by atoms with E-state index in [0.717, 1.165) is 6.42 Å². The number of H-pyrrole nitrogens is 1. The molecule has 2 nitrogen and oxygen atoms in total. The van der Waals surface area contributed by atoms with E-state index in [0.29, 0.717) is 0 Å². The van der Waals surface area contributed by atoms with E-state index in [1.54, 1.807) is 0 Å². The molecule has 0 spiro atoms. The quantitative estimate of drug-likeness (QED) is 0.704. The van der Waals surface area contributed by atoms with Gasteiger partial charge in [-0.2, -0.15) is 0 Å². The second-order valence-corrected chi connectivity index (χ2v) is 5.83. The molecule has 0 bridgehead atoms. The molecule has 1 aromatic rings. The molecule has 0 aromatic carbocycles. The predicted molar refractivity (Wildman–Crippen MR) is 54.3 cm³/mol. The highest BCUT2D eigenvalue weighted by atomic mass is 28.3. The smallest absolute Gasteiger partial charge is 0.127 e. The molecule has 1 rings (SSSR count). The molecule has 67 valence electrons. The van der Waals surface area contributed by atoms with Gasteiger partial charge in [-0.1, -0.05) is 26.4 Å². The summed E-state index contributed by atoms with van der Waals surface area (Å²) < 4.78 is 0. The van der Waals surface area contributed by atoms with Crippen LogP contribution in [0.5, 0.6) is 0 Å². The third-order valence-electron chi connectivity index (χ3n) is 1.90. The second kappa shape index (κ2) is 4.45. The zero-order valence-electron chi connectivity index (χ0n) is 8.15. The number of rotatable bonds is 4. The van der Waals surface area contributed by atoms with E-state index < -0.39 is 0 Å². The van der Waals surface area contributed by atoms with Crippen LogP contribution < -0.4 is 5.45 Å². The SMILES string of the molecule is CCCCc1cnc([Si](C)C)[nH]1. The Balaban J connectivity index is 2.52. The van der Waals surface area contributed by atoms with E-state index in [1.807, 2.05) is 6.20 Å². The minimum Gasteiger partial charge on any atom is -0.350 e. The summed E-state index contributed by atoms with van der Waals surface area (Å²) in [7, 11) is -0.382. The summed E-state index contributed by atoms with van der Waals surface area (Å²) in [5, 5.41) is 0. The van der Waals surface area contributed by atoms with Crippen molar-refractivity contribution in [3.63, 3.8) is 0 Å². The van der Waals surface area contributed by atoms with E-state index in [9.17, 15) is 0 Å². The molecule has 0 amide bonds. The summed E-state index contributed by atoms with van der Waals surface area (Å²) in [5.41, 5.74) is 2.52. The van der Waals surface area contributed by atoms with E-state index in [2.05, 4.69) is 30.0 Å². The molecule has 0 saturated heterocycles. The van der Waals surface area contributed by atoms with Crippen molar-refractivity contribution in [1.82, 2.24) is 9.97 Å². The molecule has 1 radical (unpaired) electrons. The summed E-state index contributed by atoms with van der Waals surface area (Å²) in [4.78, 5) is 7.74. The fourth-order valence-electron chi connectivity index (χ4n) is 1.11. The molecule has 1 heterocycles. The molecule has 0 aliphatic rings. The van der Waals surface area contributed by atoms with Gasteiger partial charge in [-0.05, 0) is 12.8 Å². The minimum atomic E-state index is -0.382. The van der Waals surface area contributed by atoms with Crippen LogP contribution in [0.25, 0.3) is 0 Å². The number of aromatic nitrogens is 2. The number of unbranched alkanes of at least 4 members (excludes halogenated alkanes) is 1. The Hall–Kier alpha value is -0.573. The number of aryl methyl sites for hydroxylation is 1. The first-order valence-corrected chi connectivity index (χ1v) is 7.08. The van der Waals surface area contributed by atoms with Crippen LogP contribution in [-0.2, 0) is 6.42 Å². The Bertz CT molecular complexity index is 230. The third-order valence-corrected chi connectivity index (χ3v) is 3.10. The fraction of sp³-hybridized carbons (Fsp3) is 0.667. The lowest BCUT2D eigenvalue weighted by atomic mass is 10.2. The van der Waals surface area contributed by atoms with Crippen molar-refractivity contribution in [2.24, 2.45) is 0 Å². The number of hydrogen-bond acceptors (Lipinski definition) is 1. The van der Waals surface area contributed by atoms with Gasteiger partial charge in [-0.15, -0.1) is 0 Å². The van der Waals surface area contributed by atoms with E-state index in [-0.39, 0.29) is 8.80 Å². The van der Waals surface area contributed by atoms with Crippen LogP contribution in [-0.4, -0.2) is 18.8 Å². The van der Waals surface area contributed by atoms with Crippen molar-refractivity contribution in [3.8, 4) is 0 Å². The first-order chi connectivity index (χ1) is 5.74. The van der Waals surface area contributed by atoms with Crippen molar-refractivity contribution in [2.75, 3.05) is 0 Å². The van der Waals surface area contributed by atoms with Crippen LogP contribution in [0.15, 0.2) is 6.20 Å². The van der Waals surface area contributed by atoms with Crippen LogP contribution in [0.2, 0.25) is 13.1 Å². The average Bonchev–Trinajstić information content (AvgIpc) is 2.48.